The van der Waals surface area contributed by atoms with E-state index in [1.807, 2.05) is 30.3 Å². The molecule has 0 saturated heterocycles. The summed E-state index contributed by atoms with van der Waals surface area (Å²) in [5, 5.41) is 39.1. The first kappa shape index (κ1) is 24.7. The Morgan fingerprint density at radius 1 is 1.08 bits per heavy atom. The van der Waals surface area contributed by atoms with E-state index < -0.39 is 35.1 Å². The van der Waals surface area contributed by atoms with Crippen LogP contribution in [0.2, 0.25) is 0 Å². The second kappa shape index (κ2) is 8.97. The van der Waals surface area contributed by atoms with Gasteiger partial charge in [0.25, 0.3) is 0 Å². The van der Waals surface area contributed by atoms with Crippen molar-refractivity contribution >= 4 is 21.9 Å². The summed E-state index contributed by atoms with van der Waals surface area (Å²) in [6, 6.07) is 23.7. The number of benzene rings is 3. The third-order valence-electron chi connectivity index (χ3n) is 7.71. The molecule has 2 heterocycles. The molecule has 1 aromatic heterocycles. The molecule has 0 bridgehead atoms. The average Bonchev–Trinajstić information content (AvgIpc) is 3.49. The van der Waals surface area contributed by atoms with Crippen LogP contribution in [0.15, 0.2) is 89.5 Å². The van der Waals surface area contributed by atoms with Gasteiger partial charge in [0.1, 0.15) is 17.5 Å². The van der Waals surface area contributed by atoms with Gasteiger partial charge >= 0.3 is 5.97 Å². The van der Waals surface area contributed by atoms with E-state index in [9.17, 15) is 20.1 Å². The molecule has 1 aliphatic heterocycles. The molecule has 0 radical (unpaired) electrons. The number of rotatable bonds is 6. The second-order valence-corrected chi connectivity index (χ2v) is 10.6. The zero-order valence-electron chi connectivity index (χ0n) is 20.4. The summed E-state index contributed by atoms with van der Waals surface area (Å²) >= 11 is 3.45. The van der Waals surface area contributed by atoms with Crippen LogP contribution in [-0.4, -0.2) is 44.3 Å². The summed E-state index contributed by atoms with van der Waals surface area (Å²) in [5.41, 5.74) is -1.53. The van der Waals surface area contributed by atoms with Gasteiger partial charge in [-0.2, -0.15) is 5.10 Å². The molecular weight excluding hydrogens is 552 g/mol. The number of aliphatic carboxylic acids is 1. The maximum Gasteiger partial charge on any atom is 0.310 e. The highest BCUT2D eigenvalue weighted by Crippen LogP contribution is 2.68. The molecule has 2 aliphatic rings. The molecule has 194 valence electrons. The van der Waals surface area contributed by atoms with Crippen molar-refractivity contribution in [3.8, 4) is 11.5 Å². The molecule has 1 aliphatic carbocycles. The topological polar surface area (TPSA) is 114 Å². The van der Waals surface area contributed by atoms with Crippen molar-refractivity contribution in [3.63, 3.8) is 0 Å². The van der Waals surface area contributed by atoms with Gasteiger partial charge in [0.15, 0.2) is 17.0 Å². The molecule has 38 heavy (non-hydrogen) atoms. The van der Waals surface area contributed by atoms with Crippen molar-refractivity contribution in [1.29, 1.82) is 0 Å². The van der Waals surface area contributed by atoms with E-state index in [0.29, 0.717) is 23.4 Å². The fourth-order valence-electron chi connectivity index (χ4n) is 6.06. The van der Waals surface area contributed by atoms with Gasteiger partial charge in [0, 0.05) is 10.4 Å². The van der Waals surface area contributed by atoms with E-state index in [-0.39, 0.29) is 5.69 Å². The lowest BCUT2D eigenvalue weighted by Crippen LogP contribution is -2.52. The highest BCUT2D eigenvalue weighted by atomic mass is 79.9. The Balaban J connectivity index is 1.52. The SMILES string of the molecule is COc1ccc(Cn2cc3c(n2)[C@]2(O)[C@H](O)[C@H](C(=O)O)[C@@H](c4ccccc4)[C@]2(c2ccc(Br)cc2)O3)cc1. The van der Waals surface area contributed by atoms with E-state index in [1.54, 1.807) is 66.5 Å². The van der Waals surface area contributed by atoms with Crippen LogP contribution in [0.4, 0.5) is 0 Å². The molecule has 3 aromatic carbocycles. The minimum Gasteiger partial charge on any atom is -0.497 e. The molecule has 0 spiro atoms. The third-order valence-corrected chi connectivity index (χ3v) is 8.24. The van der Waals surface area contributed by atoms with Crippen LogP contribution in [-0.2, 0) is 22.5 Å². The summed E-state index contributed by atoms with van der Waals surface area (Å²) in [5.74, 6) is -2.46. The molecule has 4 aromatic rings. The van der Waals surface area contributed by atoms with Crippen LogP contribution in [0.5, 0.6) is 11.5 Å². The Morgan fingerprint density at radius 3 is 2.39 bits per heavy atom. The lowest BCUT2D eigenvalue weighted by Gasteiger charge is -2.40. The van der Waals surface area contributed by atoms with Gasteiger partial charge in [0.2, 0.25) is 0 Å². The number of carboxylic acids is 1. The zero-order chi connectivity index (χ0) is 26.7. The Morgan fingerprint density at radius 2 is 1.76 bits per heavy atom. The number of carboxylic acid groups (broad SMARTS) is 1. The maximum absolute atomic E-state index is 12.6. The normalized spacial score (nSPS) is 27.4. The van der Waals surface area contributed by atoms with E-state index in [4.69, 9.17) is 9.47 Å². The van der Waals surface area contributed by atoms with Crippen molar-refractivity contribution in [2.24, 2.45) is 5.92 Å². The van der Waals surface area contributed by atoms with Gasteiger partial charge < -0.3 is 24.8 Å². The van der Waals surface area contributed by atoms with Crippen LogP contribution in [0.25, 0.3) is 0 Å². The Bertz CT molecular complexity index is 1490. The van der Waals surface area contributed by atoms with Gasteiger partial charge in [-0.1, -0.05) is 70.5 Å². The lowest BCUT2D eigenvalue weighted by atomic mass is 9.71. The molecule has 5 atom stereocenters. The van der Waals surface area contributed by atoms with Gasteiger partial charge in [-0.05, 0) is 41.0 Å². The quantitative estimate of drug-likeness (QED) is 0.317. The minimum absolute atomic E-state index is 0.117. The second-order valence-electron chi connectivity index (χ2n) is 9.70. The molecule has 9 heteroatoms. The van der Waals surface area contributed by atoms with Gasteiger partial charge in [-0.15, -0.1) is 0 Å². The Labute approximate surface area is 227 Å². The summed E-state index contributed by atoms with van der Waals surface area (Å²) in [4.78, 5) is 12.6. The van der Waals surface area contributed by atoms with E-state index >= 15 is 0 Å². The molecule has 1 saturated carbocycles. The average molecular weight is 577 g/mol. The van der Waals surface area contributed by atoms with Gasteiger partial charge in [-0.25, -0.2) is 0 Å². The number of fused-ring (bicyclic) bond motifs is 3. The minimum atomic E-state index is -2.13. The van der Waals surface area contributed by atoms with Crippen LogP contribution in [0.1, 0.15) is 28.3 Å². The molecule has 3 N–H and O–H groups in total. The number of halogens is 1. The van der Waals surface area contributed by atoms with E-state index in [2.05, 4.69) is 21.0 Å². The Hall–Kier alpha value is -3.66. The predicted octanol–water partition coefficient (Wildman–Crippen LogP) is 4.04. The molecule has 1 fully saturated rings. The number of nitrogens with zero attached hydrogens (tertiary/aromatic N) is 2. The summed E-state index contributed by atoms with van der Waals surface area (Å²) in [6.45, 7) is 0.377. The van der Waals surface area contributed by atoms with E-state index in [1.165, 1.54) is 0 Å². The van der Waals surface area contributed by atoms with Crippen molar-refractivity contribution in [2.75, 3.05) is 7.11 Å². The number of aliphatic hydroxyl groups is 2. The Kier molecular flexibility index (Phi) is 5.82. The fourth-order valence-corrected chi connectivity index (χ4v) is 6.32. The van der Waals surface area contributed by atoms with E-state index in [0.717, 1.165) is 15.8 Å². The van der Waals surface area contributed by atoms with Crippen molar-refractivity contribution < 1.29 is 29.6 Å². The number of aliphatic hydroxyl groups excluding tert-OH is 1. The number of hydrogen-bond donors (Lipinski definition) is 3. The smallest absolute Gasteiger partial charge is 0.310 e. The van der Waals surface area contributed by atoms with Gasteiger partial charge in [-0.3, -0.25) is 9.48 Å². The number of carbonyl (C=O) groups is 1. The van der Waals surface area contributed by atoms with Crippen LogP contribution in [0, 0.1) is 5.92 Å². The number of methoxy groups -OCH3 is 1. The van der Waals surface area contributed by atoms with Crippen LogP contribution in [0.3, 0.4) is 0 Å². The highest BCUT2D eigenvalue weighted by molar-refractivity contribution is 9.10. The third kappa shape index (κ3) is 3.42. The largest absolute Gasteiger partial charge is 0.497 e. The summed E-state index contributed by atoms with van der Waals surface area (Å²) in [7, 11) is 1.60. The first-order chi connectivity index (χ1) is 18.3. The molecule has 6 rings (SSSR count). The monoisotopic (exact) mass is 576 g/mol. The maximum atomic E-state index is 12.6. The van der Waals surface area contributed by atoms with Crippen LogP contribution >= 0.6 is 15.9 Å². The summed E-state index contributed by atoms with van der Waals surface area (Å²) < 4.78 is 14.3. The molecule has 0 amide bonds. The van der Waals surface area contributed by atoms with Crippen molar-refractivity contribution in [3.05, 3.63) is 112 Å². The standard InChI is InChI=1S/C29H25BrN2O6/c1-37-21-13-7-17(8-14-21)15-32-16-22-25(31-32)28(36)26(33)23(27(34)35)24(18-5-3-2-4-6-18)29(28,38-22)19-9-11-20(30)12-10-19/h2-14,16,23-24,26,33,36H,15H2,1H3,(H,34,35)/t23-,24-,26-,28+,29+/m1/s1. The molecule has 8 nitrogen and oxygen atoms in total. The van der Waals surface area contributed by atoms with Crippen molar-refractivity contribution in [1.82, 2.24) is 9.78 Å². The fraction of sp³-hybridized carbons (Fsp3) is 0.241. The first-order valence-electron chi connectivity index (χ1n) is 12.1. The predicted molar refractivity (Wildman–Crippen MR) is 141 cm³/mol. The number of hydrogen-bond acceptors (Lipinski definition) is 6. The number of aromatic nitrogens is 2. The van der Waals surface area contributed by atoms with Crippen molar-refractivity contribution in [2.45, 2.75) is 29.8 Å². The number of ether oxygens (including phenoxy) is 2. The first-order valence-corrected chi connectivity index (χ1v) is 12.9. The zero-order valence-corrected chi connectivity index (χ0v) is 21.9. The highest BCUT2D eigenvalue weighted by Gasteiger charge is 2.78. The van der Waals surface area contributed by atoms with Gasteiger partial charge in [0.05, 0.1) is 25.8 Å². The molecular formula is C29H25BrN2O6. The lowest BCUT2D eigenvalue weighted by molar-refractivity contribution is -0.161. The summed E-state index contributed by atoms with van der Waals surface area (Å²) in [6.07, 6.45) is -0.0134. The molecule has 0 unspecified atom stereocenters. The van der Waals surface area contributed by atoms with Crippen LogP contribution < -0.4 is 9.47 Å².